The van der Waals surface area contributed by atoms with Crippen molar-refractivity contribution in [3.05, 3.63) is 83.9 Å². The Morgan fingerprint density at radius 3 is 2.57 bits per heavy atom. The largest absolute Gasteiger partial charge is 0.455 e. The number of rotatable bonds is 8. The zero-order valence-corrected chi connectivity index (χ0v) is 19.4. The van der Waals surface area contributed by atoms with Crippen molar-refractivity contribution in [2.45, 2.75) is 26.7 Å². The Balaban J connectivity index is 0.00000190. The lowest BCUT2D eigenvalue weighted by Crippen LogP contribution is -2.35. The molecule has 35 heavy (non-hydrogen) atoms. The second-order valence-corrected chi connectivity index (χ2v) is 8.03. The molecule has 0 radical (unpaired) electrons. The lowest BCUT2D eigenvalue weighted by molar-refractivity contribution is 0.481. The predicted octanol–water partition coefficient (Wildman–Crippen LogP) is 4.44. The average molecular weight is 472 g/mol. The molecule has 5 heterocycles. The first-order valence-corrected chi connectivity index (χ1v) is 11.2. The van der Waals surface area contributed by atoms with Gasteiger partial charge in [0.1, 0.15) is 28.9 Å². The van der Waals surface area contributed by atoms with Crippen LogP contribution in [0.1, 0.15) is 26.1 Å². The maximum Gasteiger partial charge on any atom is 0.155 e. The minimum absolute atomic E-state index is 0. The van der Waals surface area contributed by atoms with Gasteiger partial charge in [0.15, 0.2) is 5.75 Å². The van der Waals surface area contributed by atoms with E-state index in [-0.39, 0.29) is 2.85 Å². The molecule has 5 rings (SSSR count). The molecule has 180 valence electrons. The van der Waals surface area contributed by atoms with Crippen LogP contribution in [0.15, 0.2) is 72.2 Å². The Hall–Kier alpha value is -4.57. The summed E-state index contributed by atoms with van der Waals surface area (Å²) in [4.78, 5) is 18.0. The molecule has 10 heteroatoms. The lowest BCUT2D eigenvalue weighted by Gasteiger charge is -2.13. The van der Waals surface area contributed by atoms with Gasteiger partial charge in [0, 0.05) is 39.6 Å². The van der Waals surface area contributed by atoms with Gasteiger partial charge < -0.3 is 10.1 Å². The van der Waals surface area contributed by atoms with E-state index in [2.05, 4.69) is 41.9 Å². The van der Waals surface area contributed by atoms with Crippen LogP contribution in [0.25, 0.3) is 11.4 Å². The van der Waals surface area contributed by atoms with Crippen LogP contribution in [0, 0.1) is 13.8 Å². The van der Waals surface area contributed by atoms with E-state index in [1.165, 1.54) is 0 Å². The van der Waals surface area contributed by atoms with Crippen LogP contribution in [-0.2, 0) is 6.42 Å². The summed E-state index contributed by atoms with van der Waals surface area (Å²) in [6.07, 6.45) is 6.81. The maximum absolute atomic E-state index is 6.26. The van der Waals surface area contributed by atoms with Crippen molar-refractivity contribution in [1.29, 1.82) is 0 Å². The summed E-state index contributed by atoms with van der Waals surface area (Å²) >= 11 is 0. The van der Waals surface area contributed by atoms with Crippen molar-refractivity contribution in [1.82, 2.24) is 36.4 Å². The van der Waals surface area contributed by atoms with Crippen LogP contribution >= 0.6 is 0 Å². The number of pyridine rings is 4. The SMILES string of the molecule is Cc1cc(Oc2ccnc(Nc3cc(CCC4=NNNN4)ccn3)c2)c(-c2ccccn2)nc1C.[HH].[HH]. The van der Waals surface area contributed by atoms with E-state index in [9.17, 15) is 0 Å². The van der Waals surface area contributed by atoms with Crippen LogP contribution in [0.5, 0.6) is 11.5 Å². The van der Waals surface area contributed by atoms with Crippen molar-refractivity contribution >= 4 is 17.5 Å². The zero-order chi connectivity index (χ0) is 24.0. The number of aromatic nitrogens is 4. The van der Waals surface area contributed by atoms with Crippen LogP contribution in [0.2, 0.25) is 0 Å². The number of hydrazine groups is 2. The molecule has 0 aliphatic carbocycles. The number of anilines is 2. The molecule has 0 amide bonds. The summed E-state index contributed by atoms with van der Waals surface area (Å²) in [5, 5.41) is 7.37. The second-order valence-electron chi connectivity index (χ2n) is 8.03. The fourth-order valence-electron chi connectivity index (χ4n) is 3.55. The van der Waals surface area contributed by atoms with Gasteiger partial charge in [-0.25, -0.2) is 20.5 Å². The number of ether oxygens (including phenoxy) is 1. The Labute approximate surface area is 205 Å². The summed E-state index contributed by atoms with van der Waals surface area (Å²) < 4.78 is 6.26. The monoisotopic (exact) mass is 471 g/mol. The van der Waals surface area contributed by atoms with Gasteiger partial charge in [-0.1, -0.05) is 6.07 Å². The Morgan fingerprint density at radius 2 is 1.77 bits per heavy atom. The second kappa shape index (κ2) is 10.1. The van der Waals surface area contributed by atoms with Crippen molar-refractivity contribution in [3.63, 3.8) is 0 Å². The van der Waals surface area contributed by atoms with E-state index in [4.69, 9.17) is 9.72 Å². The molecule has 0 saturated heterocycles. The first-order chi connectivity index (χ1) is 17.1. The van der Waals surface area contributed by atoms with Gasteiger partial charge in [-0.05, 0) is 67.8 Å². The van der Waals surface area contributed by atoms with Gasteiger partial charge in [0.2, 0.25) is 0 Å². The molecule has 0 spiro atoms. The number of aryl methyl sites for hydroxylation is 3. The number of amidine groups is 1. The van der Waals surface area contributed by atoms with E-state index < -0.39 is 0 Å². The molecule has 0 aromatic carbocycles. The molecule has 4 aromatic heterocycles. The molecule has 0 saturated carbocycles. The average Bonchev–Trinajstić information content (AvgIpc) is 3.40. The normalized spacial score (nSPS) is 12.5. The van der Waals surface area contributed by atoms with E-state index in [1.54, 1.807) is 18.6 Å². The highest BCUT2D eigenvalue weighted by Gasteiger charge is 2.14. The highest BCUT2D eigenvalue weighted by atomic mass is 16.5. The molecular formula is C25H29N9O. The lowest BCUT2D eigenvalue weighted by atomic mass is 10.1. The van der Waals surface area contributed by atoms with Crippen molar-refractivity contribution in [2.75, 3.05) is 5.32 Å². The van der Waals surface area contributed by atoms with Crippen LogP contribution in [-0.4, -0.2) is 25.8 Å². The van der Waals surface area contributed by atoms with Gasteiger partial charge in [0.05, 0.1) is 5.69 Å². The first kappa shape index (κ1) is 22.2. The van der Waals surface area contributed by atoms with Crippen LogP contribution < -0.4 is 26.5 Å². The molecule has 0 unspecified atom stereocenters. The third-order valence-electron chi connectivity index (χ3n) is 5.48. The number of nitrogens with one attached hydrogen (secondary N) is 4. The molecule has 4 aromatic rings. The Morgan fingerprint density at radius 1 is 0.914 bits per heavy atom. The number of nitrogens with zero attached hydrogens (tertiary/aromatic N) is 5. The van der Waals surface area contributed by atoms with Gasteiger partial charge >= 0.3 is 0 Å². The third-order valence-corrected chi connectivity index (χ3v) is 5.48. The van der Waals surface area contributed by atoms with E-state index in [0.29, 0.717) is 28.8 Å². The Bertz CT molecular complexity index is 1370. The molecular weight excluding hydrogens is 442 g/mol. The molecule has 1 aliphatic heterocycles. The minimum Gasteiger partial charge on any atom is -0.455 e. The highest BCUT2D eigenvalue weighted by Crippen LogP contribution is 2.33. The van der Waals surface area contributed by atoms with E-state index in [1.807, 2.05) is 62.4 Å². The van der Waals surface area contributed by atoms with Gasteiger partial charge in [0.25, 0.3) is 0 Å². The molecule has 0 atom stereocenters. The van der Waals surface area contributed by atoms with Crippen molar-refractivity contribution in [3.8, 4) is 22.9 Å². The third kappa shape index (κ3) is 5.50. The zero-order valence-electron chi connectivity index (χ0n) is 19.4. The Kier molecular flexibility index (Phi) is 6.44. The fraction of sp³-hybridized carbons (Fsp3) is 0.160. The number of hydrogen-bond acceptors (Lipinski definition) is 10. The molecule has 10 nitrogen and oxygen atoms in total. The number of hydrogen-bond donors (Lipinski definition) is 4. The summed E-state index contributed by atoms with van der Waals surface area (Å²) in [5.41, 5.74) is 12.9. The number of hydrazone groups is 1. The van der Waals surface area contributed by atoms with Gasteiger partial charge in [-0.3, -0.25) is 10.4 Å². The molecule has 1 aliphatic rings. The standard InChI is InChI=1S/C25H25N9O.2H2/c1-16-13-21(25(29-17(16)2)20-5-3-4-10-26-20)35-19-9-12-28-24(15-19)30-23-14-18(8-11-27-23)6-7-22-31-33-34-32-22;;/h3-5,8-15,33-34H,6-7H2,1-2H3,(H,31,32)(H,27,28,30);2*1H. The molecule has 0 bridgehead atoms. The summed E-state index contributed by atoms with van der Waals surface area (Å²) in [5.74, 6) is 3.45. The fourth-order valence-corrected chi connectivity index (χ4v) is 3.55. The first-order valence-electron chi connectivity index (χ1n) is 11.2. The van der Waals surface area contributed by atoms with Crippen LogP contribution in [0.4, 0.5) is 11.6 Å². The smallest absolute Gasteiger partial charge is 0.155 e. The quantitative estimate of drug-likeness (QED) is 0.295. The summed E-state index contributed by atoms with van der Waals surface area (Å²) in [6, 6.07) is 15.3. The summed E-state index contributed by atoms with van der Waals surface area (Å²) in [6.45, 7) is 3.99. The van der Waals surface area contributed by atoms with Crippen LogP contribution in [0.3, 0.4) is 0 Å². The van der Waals surface area contributed by atoms with Crippen molar-refractivity contribution < 1.29 is 7.59 Å². The topological polar surface area (TPSA) is 121 Å². The highest BCUT2D eigenvalue weighted by molar-refractivity contribution is 5.82. The van der Waals surface area contributed by atoms with E-state index in [0.717, 1.165) is 41.2 Å². The van der Waals surface area contributed by atoms with Crippen molar-refractivity contribution in [2.24, 2.45) is 5.10 Å². The van der Waals surface area contributed by atoms with E-state index >= 15 is 0 Å². The maximum atomic E-state index is 6.26. The molecule has 4 N–H and O–H groups in total. The summed E-state index contributed by atoms with van der Waals surface area (Å²) in [7, 11) is 0. The minimum atomic E-state index is 0. The molecule has 0 fully saturated rings. The van der Waals surface area contributed by atoms with Gasteiger partial charge in [-0.15, -0.1) is 10.6 Å². The van der Waals surface area contributed by atoms with Gasteiger partial charge in [-0.2, -0.15) is 0 Å². The predicted molar refractivity (Wildman–Crippen MR) is 138 cm³/mol.